The molecule has 1 atom stereocenters. The molecule has 0 radical (unpaired) electrons. The number of carbonyl (C=O) groups is 1. The second-order valence-corrected chi connectivity index (χ2v) is 7.81. The van der Waals surface area contributed by atoms with Gasteiger partial charge in [-0.15, -0.1) is 11.3 Å². The highest BCUT2D eigenvalue weighted by Crippen LogP contribution is 2.35. The highest BCUT2D eigenvalue weighted by atomic mass is 35.5. The van der Waals surface area contributed by atoms with Crippen LogP contribution in [0.3, 0.4) is 0 Å². The Labute approximate surface area is 156 Å². The van der Waals surface area contributed by atoms with E-state index >= 15 is 0 Å². The van der Waals surface area contributed by atoms with Crippen LogP contribution in [0.4, 0.5) is 0 Å². The summed E-state index contributed by atoms with van der Waals surface area (Å²) in [4.78, 5) is 15.2. The number of carbonyl (C=O) groups excluding carboxylic acids is 1. The number of hydrogen-bond donors (Lipinski definition) is 1. The molecule has 6 heteroatoms. The van der Waals surface area contributed by atoms with Gasteiger partial charge in [-0.1, -0.05) is 23.7 Å². The number of amides is 1. The third-order valence-electron chi connectivity index (χ3n) is 4.16. The highest BCUT2D eigenvalue weighted by molar-refractivity contribution is 7.21. The molecule has 132 valence electrons. The quantitative estimate of drug-likeness (QED) is 0.695. The number of thiophene rings is 1. The second kappa shape index (κ2) is 7.20. The predicted octanol–water partition coefficient (Wildman–Crippen LogP) is 4.80. The second-order valence-electron chi connectivity index (χ2n) is 6.38. The SMILES string of the molecule is Cc1ccc2c(Cl)c(C(=O)NC[C@@H](c3ccc(C)o3)N(C)C)sc2c1. The average Bonchev–Trinajstić information content (AvgIpc) is 3.11. The van der Waals surface area contributed by atoms with E-state index in [4.69, 9.17) is 16.0 Å². The molecule has 3 rings (SSSR count). The summed E-state index contributed by atoms with van der Waals surface area (Å²) in [6, 6.07) is 9.86. The van der Waals surface area contributed by atoms with Gasteiger partial charge in [-0.3, -0.25) is 9.69 Å². The summed E-state index contributed by atoms with van der Waals surface area (Å²) in [5.41, 5.74) is 1.15. The van der Waals surface area contributed by atoms with Crippen LogP contribution in [-0.2, 0) is 0 Å². The van der Waals surface area contributed by atoms with E-state index in [-0.39, 0.29) is 11.9 Å². The molecule has 0 spiro atoms. The maximum absolute atomic E-state index is 12.6. The van der Waals surface area contributed by atoms with Crippen molar-refractivity contribution in [2.24, 2.45) is 0 Å². The van der Waals surface area contributed by atoms with Crippen LogP contribution in [0.2, 0.25) is 5.02 Å². The lowest BCUT2D eigenvalue weighted by Gasteiger charge is -2.22. The summed E-state index contributed by atoms with van der Waals surface area (Å²) in [5.74, 6) is 1.54. The minimum Gasteiger partial charge on any atom is -0.465 e. The van der Waals surface area contributed by atoms with Crippen molar-refractivity contribution in [1.82, 2.24) is 10.2 Å². The van der Waals surface area contributed by atoms with Gasteiger partial charge in [0.15, 0.2) is 0 Å². The van der Waals surface area contributed by atoms with Gasteiger partial charge in [-0.05, 0) is 51.7 Å². The van der Waals surface area contributed by atoms with Crippen molar-refractivity contribution in [2.75, 3.05) is 20.6 Å². The maximum atomic E-state index is 12.6. The van der Waals surface area contributed by atoms with Crippen LogP contribution in [0, 0.1) is 13.8 Å². The first kappa shape index (κ1) is 18.0. The number of fused-ring (bicyclic) bond motifs is 1. The molecule has 0 fully saturated rings. The van der Waals surface area contributed by atoms with Crippen LogP contribution >= 0.6 is 22.9 Å². The van der Waals surface area contributed by atoms with Gasteiger partial charge in [0.1, 0.15) is 16.4 Å². The van der Waals surface area contributed by atoms with Crippen LogP contribution in [0.15, 0.2) is 34.7 Å². The first-order valence-electron chi connectivity index (χ1n) is 8.06. The van der Waals surface area contributed by atoms with Gasteiger partial charge in [0, 0.05) is 16.6 Å². The van der Waals surface area contributed by atoms with Gasteiger partial charge in [0.05, 0.1) is 11.1 Å². The lowest BCUT2D eigenvalue weighted by Crippen LogP contribution is -2.34. The lowest BCUT2D eigenvalue weighted by molar-refractivity contribution is 0.0943. The number of likely N-dealkylation sites (N-methyl/N-ethyl adjacent to an activating group) is 1. The summed E-state index contributed by atoms with van der Waals surface area (Å²) in [7, 11) is 3.92. The molecule has 1 aromatic carbocycles. The Morgan fingerprint density at radius 1 is 1.28 bits per heavy atom. The number of rotatable bonds is 5. The van der Waals surface area contributed by atoms with Crippen LogP contribution in [0.25, 0.3) is 10.1 Å². The van der Waals surface area contributed by atoms with E-state index in [0.717, 1.165) is 27.2 Å². The molecule has 0 aliphatic heterocycles. The van der Waals surface area contributed by atoms with Crippen molar-refractivity contribution in [3.63, 3.8) is 0 Å². The standard InChI is InChI=1S/C19H21ClN2O2S/c1-11-5-7-13-16(9-11)25-18(17(13)20)19(23)21-10-14(22(3)4)15-8-6-12(2)24-15/h5-9,14H,10H2,1-4H3,(H,21,23)/t14-/m0/s1. The Balaban J connectivity index is 1.78. The minimum absolute atomic E-state index is 0.0342. The molecular weight excluding hydrogens is 356 g/mol. The Hall–Kier alpha value is -1.82. The largest absolute Gasteiger partial charge is 0.465 e. The molecule has 2 heterocycles. The number of hydrogen-bond acceptors (Lipinski definition) is 4. The van der Waals surface area contributed by atoms with Crippen molar-refractivity contribution in [3.8, 4) is 0 Å². The monoisotopic (exact) mass is 376 g/mol. The zero-order chi connectivity index (χ0) is 18.1. The van der Waals surface area contributed by atoms with E-state index in [9.17, 15) is 4.79 Å². The van der Waals surface area contributed by atoms with E-state index in [1.54, 1.807) is 0 Å². The van der Waals surface area contributed by atoms with E-state index < -0.39 is 0 Å². The molecule has 0 aliphatic rings. The molecule has 0 saturated heterocycles. The molecule has 1 amide bonds. The van der Waals surface area contributed by atoms with Gasteiger partial charge < -0.3 is 9.73 Å². The molecule has 3 aromatic rings. The van der Waals surface area contributed by atoms with Gasteiger partial charge >= 0.3 is 0 Å². The van der Waals surface area contributed by atoms with Crippen molar-refractivity contribution in [3.05, 3.63) is 57.3 Å². The summed E-state index contributed by atoms with van der Waals surface area (Å²) < 4.78 is 6.74. The fourth-order valence-corrected chi connectivity index (χ4v) is 4.29. The molecule has 25 heavy (non-hydrogen) atoms. The van der Waals surface area contributed by atoms with Crippen molar-refractivity contribution < 1.29 is 9.21 Å². The normalized spacial score (nSPS) is 12.7. The number of halogens is 1. The summed E-state index contributed by atoms with van der Waals surface area (Å²) in [6.45, 7) is 4.38. The zero-order valence-electron chi connectivity index (χ0n) is 14.7. The number of nitrogens with one attached hydrogen (secondary N) is 1. The molecule has 0 aliphatic carbocycles. The van der Waals surface area contributed by atoms with Gasteiger partial charge in [-0.2, -0.15) is 0 Å². The Bertz CT molecular complexity index is 913. The zero-order valence-corrected chi connectivity index (χ0v) is 16.3. The summed E-state index contributed by atoms with van der Waals surface area (Å²) in [6.07, 6.45) is 0. The minimum atomic E-state index is -0.154. The first-order valence-corrected chi connectivity index (χ1v) is 9.26. The molecular formula is C19H21ClN2O2S. The topological polar surface area (TPSA) is 45.5 Å². The molecule has 0 unspecified atom stereocenters. The van der Waals surface area contributed by atoms with E-state index in [1.165, 1.54) is 11.3 Å². The van der Waals surface area contributed by atoms with Crippen LogP contribution < -0.4 is 5.32 Å². The van der Waals surface area contributed by atoms with Gasteiger partial charge in [0.25, 0.3) is 5.91 Å². The Morgan fingerprint density at radius 3 is 2.68 bits per heavy atom. The first-order chi connectivity index (χ1) is 11.9. The number of aryl methyl sites for hydroxylation is 2. The molecule has 2 aromatic heterocycles. The van der Waals surface area contributed by atoms with Crippen LogP contribution in [-0.4, -0.2) is 31.4 Å². The van der Waals surface area contributed by atoms with E-state index in [2.05, 4.69) is 11.4 Å². The molecule has 0 saturated carbocycles. The number of furan rings is 1. The predicted molar refractivity (Wildman–Crippen MR) is 104 cm³/mol. The fraction of sp³-hybridized carbons (Fsp3) is 0.316. The van der Waals surface area contributed by atoms with Crippen molar-refractivity contribution >= 4 is 38.9 Å². The van der Waals surface area contributed by atoms with Gasteiger partial charge in [-0.25, -0.2) is 0 Å². The third-order valence-corrected chi connectivity index (χ3v) is 5.82. The van der Waals surface area contributed by atoms with Crippen molar-refractivity contribution in [2.45, 2.75) is 19.9 Å². The third kappa shape index (κ3) is 3.73. The van der Waals surface area contributed by atoms with Crippen LogP contribution in [0.1, 0.15) is 32.8 Å². The molecule has 1 N–H and O–H groups in total. The van der Waals surface area contributed by atoms with Crippen molar-refractivity contribution in [1.29, 1.82) is 0 Å². The van der Waals surface area contributed by atoms with E-state index in [0.29, 0.717) is 16.4 Å². The molecule has 0 bridgehead atoms. The van der Waals surface area contributed by atoms with Gasteiger partial charge in [0.2, 0.25) is 0 Å². The molecule has 4 nitrogen and oxygen atoms in total. The maximum Gasteiger partial charge on any atom is 0.263 e. The Morgan fingerprint density at radius 2 is 2.04 bits per heavy atom. The average molecular weight is 377 g/mol. The van der Waals surface area contributed by atoms with Crippen LogP contribution in [0.5, 0.6) is 0 Å². The summed E-state index contributed by atoms with van der Waals surface area (Å²) >= 11 is 7.85. The lowest BCUT2D eigenvalue weighted by atomic mass is 10.2. The highest BCUT2D eigenvalue weighted by Gasteiger charge is 2.21. The van der Waals surface area contributed by atoms with E-state index in [1.807, 2.05) is 57.1 Å². The number of benzene rings is 1. The summed E-state index contributed by atoms with van der Waals surface area (Å²) in [5, 5.41) is 4.44. The Kier molecular flexibility index (Phi) is 5.18. The fourth-order valence-electron chi connectivity index (χ4n) is 2.76. The number of nitrogens with zero attached hydrogens (tertiary/aromatic N) is 1. The smallest absolute Gasteiger partial charge is 0.263 e.